The average Bonchev–Trinajstić information content (AvgIpc) is 2.28. The Balaban J connectivity index is 1.99. The predicted octanol–water partition coefficient (Wildman–Crippen LogP) is 3.31. The molecule has 76 valence electrons. The molecule has 0 atom stereocenters. The molecule has 2 aromatic rings. The van der Waals surface area contributed by atoms with Crippen molar-refractivity contribution in [3.63, 3.8) is 0 Å². The quantitative estimate of drug-likeness (QED) is 0.739. The van der Waals surface area contributed by atoms with Crippen LogP contribution < -0.4 is 4.74 Å². The van der Waals surface area contributed by atoms with Crippen LogP contribution in [0.3, 0.4) is 0 Å². The second kappa shape index (κ2) is 4.80. The third-order valence-corrected chi connectivity index (χ3v) is 2.15. The molecule has 0 radical (unpaired) electrons. The average molecular weight is 220 g/mol. The molecule has 1 aromatic heterocycles. The zero-order valence-electron chi connectivity index (χ0n) is 8.06. The number of benzene rings is 1. The molecule has 0 saturated heterocycles. The summed E-state index contributed by atoms with van der Waals surface area (Å²) in [6, 6.07) is 13.4. The summed E-state index contributed by atoms with van der Waals surface area (Å²) in [5, 5.41) is 0.490. The number of ether oxygens (including phenoxy) is 1. The molecule has 0 N–H and O–H groups in total. The Morgan fingerprint density at radius 3 is 2.67 bits per heavy atom. The van der Waals surface area contributed by atoms with Gasteiger partial charge < -0.3 is 4.74 Å². The van der Waals surface area contributed by atoms with Gasteiger partial charge in [-0.15, -0.1) is 0 Å². The van der Waals surface area contributed by atoms with Gasteiger partial charge in [0.25, 0.3) is 0 Å². The highest BCUT2D eigenvalue weighted by Gasteiger charge is 1.96. The summed E-state index contributed by atoms with van der Waals surface area (Å²) in [6.45, 7) is 0.506. The lowest BCUT2D eigenvalue weighted by Crippen LogP contribution is -1.95. The first kappa shape index (κ1) is 9.99. The first-order valence-corrected chi connectivity index (χ1v) is 5.01. The molecule has 1 aromatic carbocycles. The normalized spacial score (nSPS) is 9.93. The number of aromatic nitrogens is 1. The van der Waals surface area contributed by atoms with Gasteiger partial charge in [-0.25, -0.2) is 4.98 Å². The molecular weight excluding hydrogens is 210 g/mol. The largest absolute Gasteiger partial charge is 0.489 e. The van der Waals surface area contributed by atoms with Gasteiger partial charge in [0.2, 0.25) is 0 Å². The van der Waals surface area contributed by atoms with Crippen LogP contribution in [0.2, 0.25) is 5.15 Å². The van der Waals surface area contributed by atoms with E-state index >= 15 is 0 Å². The molecule has 2 nitrogen and oxygen atoms in total. The van der Waals surface area contributed by atoms with Crippen LogP contribution in [0.4, 0.5) is 0 Å². The van der Waals surface area contributed by atoms with Gasteiger partial charge in [0, 0.05) is 6.20 Å². The first-order valence-electron chi connectivity index (χ1n) is 4.63. The molecule has 0 bridgehead atoms. The van der Waals surface area contributed by atoms with Crippen molar-refractivity contribution in [2.45, 2.75) is 6.61 Å². The third-order valence-electron chi connectivity index (χ3n) is 1.94. The van der Waals surface area contributed by atoms with Crippen LogP contribution in [-0.4, -0.2) is 4.98 Å². The lowest BCUT2D eigenvalue weighted by molar-refractivity contribution is 0.306. The van der Waals surface area contributed by atoms with E-state index in [2.05, 4.69) is 4.98 Å². The van der Waals surface area contributed by atoms with Crippen LogP contribution in [-0.2, 0) is 6.61 Å². The highest BCUT2D eigenvalue weighted by atomic mass is 35.5. The first-order chi connectivity index (χ1) is 7.34. The van der Waals surface area contributed by atoms with Gasteiger partial charge in [-0.2, -0.15) is 0 Å². The molecule has 2 rings (SSSR count). The molecule has 1 heterocycles. The summed E-state index contributed by atoms with van der Waals surface area (Å²) in [5.41, 5.74) is 1.01. The number of nitrogens with zero attached hydrogens (tertiary/aromatic N) is 1. The van der Waals surface area contributed by atoms with E-state index in [1.807, 2.05) is 36.4 Å². The van der Waals surface area contributed by atoms with E-state index in [1.165, 1.54) is 0 Å². The van der Waals surface area contributed by atoms with Gasteiger partial charge in [-0.05, 0) is 29.8 Å². The maximum Gasteiger partial charge on any atom is 0.129 e. The van der Waals surface area contributed by atoms with Crippen LogP contribution >= 0.6 is 11.6 Å². The summed E-state index contributed by atoms with van der Waals surface area (Å²) in [4.78, 5) is 3.90. The highest BCUT2D eigenvalue weighted by Crippen LogP contribution is 2.13. The minimum atomic E-state index is 0.490. The number of pyridine rings is 1. The molecular formula is C12H10ClNO. The van der Waals surface area contributed by atoms with Crippen LogP contribution in [0.1, 0.15) is 5.56 Å². The van der Waals surface area contributed by atoms with Gasteiger partial charge in [-0.3, -0.25) is 0 Å². The SMILES string of the molecule is Clc1cc(COc2ccccc2)ccn1. The monoisotopic (exact) mass is 219 g/mol. The molecule has 0 fully saturated rings. The molecule has 0 aliphatic rings. The van der Waals surface area contributed by atoms with Crippen molar-refractivity contribution in [3.8, 4) is 5.75 Å². The van der Waals surface area contributed by atoms with E-state index in [1.54, 1.807) is 12.3 Å². The summed E-state index contributed by atoms with van der Waals surface area (Å²) in [6.07, 6.45) is 1.67. The molecule has 0 saturated carbocycles. The van der Waals surface area contributed by atoms with Crippen molar-refractivity contribution in [3.05, 3.63) is 59.4 Å². The maximum absolute atomic E-state index is 5.76. The molecule has 0 aliphatic carbocycles. The summed E-state index contributed by atoms with van der Waals surface area (Å²) in [7, 11) is 0. The van der Waals surface area contributed by atoms with Crippen molar-refractivity contribution in [2.75, 3.05) is 0 Å². The van der Waals surface area contributed by atoms with Gasteiger partial charge in [0.05, 0.1) is 0 Å². The third kappa shape index (κ3) is 2.96. The van der Waals surface area contributed by atoms with E-state index in [9.17, 15) is 0 Å². The Kier molecular flexibility index (Phi) is 3.20. The van der Waals surface area contributed by atoms with E-state index in [-0.39, 0.29) is 0 Å². The Morgan fingerprint density at radius 1 is 1.13 bits per heavy atom. The summed E-state index contributed by atoms with van der Waals surface area (Å²) >= 11 is 5.76. The number of hydrogen-bond acceptors (Lipinski definition) is 2. The number of hydrogen-bond donors (Lipinski definition) is 0. The van der Waals surface area contributed by atoms with Crippen molar-refractivity contribution in [1.82, 2.24) is 4.98 Å². The van der Waals surface area contributed by atoms with Crippen molar-refractivity contribution >= 4 is 11.6 Å². The predicted molar refractivity (Wildman–Crippen MR) is 60.0 cm³/mol. The van der Waals surface area contributed by atoms with Crippen molar-refractivity contribution in [2.24, 2.45) is 0 Å². The number of para-hydroxylation sites is 1. The number of halogens is 1. The minimum absolute atomic E-state index is 0.490. The van der Waals surface area contributed by atoms with Crippen molar-refractivity contribution in [1.29, 1.82) is 0 Å². The Bertz CT molecular complexity index is 431. The Labute approximate surface area is 93.5 Å². The molecule has 3 heteroatoms. The van der Waals surface area contributed by atoms with Gasteiger partial charge in [0.1, 0.15) is 17.5 Å². The minimum Gasteiger partial charge on any atom is -0.489 e. The van der Waals surface area contributed by atoms with Crippen LogP contribution in [0.5, 0.6) is 5.75 Å². The van der Waals surface area contributed by atoms with E-state index in [0.717, 1.165) is 11.3 Å². The summed E-state index contributed by atoms with van der Waals surface area (Å²) in [5.74, 6) is 0.852. The fraction of sp³-hybridized carbons (Fsp3) is 0.0833. The number of rotatable bonds is 3. The Hall–Kier alpha value is -1.54. The zero-order valence-corrected chi connectivity index (χ0v) is 8.82. The second-order valence-corrected chi connectivity index (χ2v) is 3.48. The van der Waals surface area contributed by atoms with Crippen LogP contribution in [0, 0.1) is 0 Å². The fourth-order valence-corrected chi connectivity index (χ4v) is 1.41. The molecule has 15 heavy (non-hydrogen) atoms. The van der Waals surface area contributed by atoms with Gasteiger partial charge in [0.15, 0.2) is 0 Å². The smallest absolute Gasteiger partial charge is 0.129 e. The molecule has 0 spiro atoms. The maximum atomic E-state index is 5.76. The van der Waals surface area contributed by atoms with E-state index in [4.69, 9.17) is 16.3 Å². The highest BCUT2D eigenvalue weighted by molar-refractivity contribution is 6.29. The van der Waals surface area contributed by atoms with E-state index < -0.39 is 0 Å². The van der Waals surface area contributed by atoms with Crippen LogP contribution in [0.25, 0.3) is 0 Å². The van der Waals surface area contributed by atoms with Crippen LogP contribution in [0.15, 0.2) is 48.7 Å². The zero-order chi connectivity index (χ0) is 10.5. The molecule has 0 unspecified atom stereocenters. The summed E-state index contributed by atoms with van der Waals surface area (Å²) < 4.78 is 5.56. The molecule has 0 aliphatic heterocycles. The fourth-order valence-electron chi connectivity index (χ4n) is 1.22. The second-order valence-electron chi connectivity index (χ2n) is 3.09. The van der Waals surface area contributed by atoms with Gasteiger partial charge in [-0.1, -0.05) is 29.8 Å². The lowest BCUT2D eigenvalue weighted by atomic mass is 10.3. The molecule has 0 amide bonds. The topological polar surface area (TPSA) is 22.1 Å². The lowest BCUT2D eigenvalue weighted by Gasteiger charge is -2.05. The van der Waals surface area contributed by atoms with Gasteiger partial charge >= 0.3 is 0 Å². The van der Waals surface area contributed by atoms with Crippen molar-refractivity contribution < 1.29 is 4.74 Å². The Morgan fingerprint density at radius 2 is 1.93 bits per heavy atom. The standard InChI is InChI=1S/C12H10ClNO/c13-12-8-10(6-7-14-12)9-15-11-4-2-1-3-5-11/h1-8H,9H2. The van der Waals surface area contributed by atoms with E-state index in [0.29, 0.717) is 11.8 Å².